The zero-order valence-electron chi connectivity index (χ0n) is 8.60. The summed E-state index contributed by atoms with van der Waals surface area (Å²) in [7, 11) is 0. The number of hydrogen-bond acceptors (Lipinski definition) is 3. The molecule has 0 saturated carbocycles. The SMILES string of the molecule is Cc1ccc(C(=O)N2CC(O)C2)cc1N. The smallest absolute Gasteiger partial charge is 0.254 e. The number of carbonyl (C=O) groups excluding carboxylic acids is 1. The van der Waals surface area contributed by atoms with Gasteiger partial charge in [-0.05, 0) is 24.6 Å². The van der Waals surface area contributed by atoms with Crippen molar-refractivity contribution in [2.24, 2.45) is 0 Å². The van der Waals surface area contributed by atoms with Gasteiger partial charge in [0.15, 0.2) is 0 Å². The molecule has 1 aliphatic rings. The third-order valence-corrected chi connectivity index (χ3v) is 2.68. The van der Waals surface area contributed by atoms with Crippen LogP contribution in [0.5, 0.6) is 0 Å². The number of amides is 1. The van der Waals surface area contributed by atoms with Gasteiger partial charge >= 0.3 is 0 Å². The first-order chi connectivity index (χ1) is 7.08. The zero-order valence-corrected chi connectivity index (χ0v) is 8.60. The molecule has 0 radical (unpaired) electrons. The summed E-state index contributed by atoms with van der Waals surface area (Å²) in [6.45, 7) is 2.75. The first kappa shape index (κ1) is 9.98. The zero-order chi connectivity index (χ0) is 11.0. The number of aryl methyl sites for hydroxylation is 1. The lowest BCUT2D eigenvalue weighted by atomic mass is 10.1. The molecule has 80 valence electrons. The molecule has 1 heterocycles. The van der Waals surface area contributed by atoms with Gasteiger partial charge in [0.2, 0.25) is 0 Å². The fourth-order valence-electron chi connectivity index (χ4n) is 1.58. The maximum atomic E-state index is 11.8. The van der Waals surface area contributed by atoms with Gasteiger partial charge in [0.1, 0.15) is 0 Å². The molecule has 1 amide bonds. The van der Waals surface area contributed by atoms with Crippen LogP contribution in [0.1, 0.15) is 15.9 Å². The third-order valence-electron chi connectivity index (χ3n) is 2.68. The number of aliphatic hydroxyl groups is 1. The predicted octanol–water partition coefficient (Wildman–Crippen LogP) is 0.394. The van der Waals surface area contributed by atoms with Crippen LogP contribution in [0.25, 0.3) is 0 Å². The molecule has 1 aliphatic heterocycles. The van der Waals surface area contributed by atoms with E-state index in [2.05, 4.69) is 0 Å². The fourth-order valence-corrected chi connectivity index (χ4v) is 1.58. The normalized spacial score (nSPS) is 16.3. The van der Waals surface area contributed by atoms with Crippen molar-refractivity contribution >= 4 is 11.6 Å². The number of nitrogen functional groups attached to an aromatic ring is 1. The summed E-state index contributed by atoms with van der Waals surface area (Å²) in [6, 6.07) is 5.28. The summed E-state index contributed by atoms with van der Waals surface area (Å²) < 4.78 is 0. The van der Waals surface area contributed by atoms with E-state index in [9.17, 15) is 4.79 Å². The molecule has 1 aromatic rings. The molecule has 0 spiro atoms. The summed E-state index contributed by atoms with van der Waals surface area (Å²) >= 11 is 0. The van der Waals surface area contributed by atoms with Crippen molar-refractivity contribution in [2.75, 3.05) is 18.8 Å². The van der Waals surface area contributed by atoms with Gasteiger partial charge in [0.25, 0.3) is 5.91 Å². The van der Waals surface area contributed by atoms with E-state index in [0.717, 1.165) is 5.56 Å². The van der Waals surface area contributed by atoms with Crippen molar-refractivity contribution in [3.05, 3.63) is 29.3 Å². The number of benzene rings is 1. The highest BCUT2D eigenvalue weighted by atomic mass is 16.3. The maximum absolute atomic E-state index is 11.8. The number of rotatable bonds is 1. The average Bonchev–Trinajstić information content (AvgIpc) is 2.16. The number of nitrogens with zero attached hydrogens (tertiary/aromatic N) is 1. The molecule has 1 aromatic carbocycles. The van der Waals surface area contributed by atoms with E-state index in [0.29, 0.717) is 24.3 Å². The van der Waals surface area contributed by atoms with Crippen LogP contribution >= 0.6 is 0 Å². The monoisotopic (exact) mass is 206 g/mol. The minimum Gasteiger partial charge on any atom is -0.398 e. The minimum absolute atomic E-state index is 0.0630. The molecule has 1 saturated heterocycles. The van der Waals surface area contributed by atoms with Crippen LogP contribution in [0, 0.1) is 6.92 Å². The van der Waals surface area contributed by atoms with Gasteiger partial charge in [0, 0.05) is 24.3 Å². The van der Waals surface area contributed by atoms with E-state index in [4.69, 9.17) is 10.8 Å². The van der Waals surface area contributed by atoms with Crippen LogP contribution in [0.3, 0.4) is 0 Å². The molecule has 0 aromatic heterocycles. The van der Waals surface area contributed by atoms with Crippen LogP contribution < -0.4 is 5.73 Å². The molecule has 15 heavy (non-hydrogen) atoms. The quantitative estimate of drug-likeness (QED) is 0.653. The van der Waals surface area contributed by atoms with Gasteiger partial charge in [-0.1, -0.05) is 6.07 Å². The number of aliphatic hydroxyl groups excluding tert-OH is 1. The van der Waals surface area contributed by atoms with Crippen molar-refractivity contribution in [3.63, 3.8) is 0 Å². The third kappa shape index (κ3) is 1.80. The highest BCUT2D eigenvalue weighted by molar-refractivity contribution is 5.95. The van der Waals surface area contributed by atoms with E-state index in [1.54, 1.807) is 17.0 Å². The molecule has 4 nitrogen and oxygen atoms in total. The second kappa shape index (κ2) is 3.55. The Labute approximate surface area is 88.3 Å². The second-order valence-electron chi connectivity index (χ2n) is 3.94. The maximum Gasteiger partial charge on any atom is 0.254 e. The first-order valence-electron chi connectivity index (χ1n) is 4.91. The van der Waals surface area contributed by atoms with Crippen LogP contribution in [-0.2, 0) is 0 Å². The molecular formula is C11H14N2O2. The predicted molar refractivity (Wildman–Crippen MR) is 57.5 cm³/mol. The minimum atomic E-state index is -0.364. The topological polar surface area (TPSA) is 66.6 Å². The molecule has 0 atom stereocenters. The lowest BCUT2D eigenvalue weighted by Gasteiger charge is -2.35. The molecule has 4 heteroatoms. The van der Waals surface area contributed by atoms with Gasteiger partial charge in [-0.2, -0.15) is 0 Å². The number of hydrogen-bond donors (Lipinski definition) is 2. The summed E-state index contributed by atoms with van der Waals surface area (Å²) in [5.41, 5.74) is 7.91. The number of nitrogens with two attached hydrogens (primary N) is 1. The van der Waals surface area contributed by atoms with Crippen molar-refractivity contribution in [1.82, 2.24) is 4.90 Å². The Hall–Kier alpha value is -1.55. The highest BCUT2D eigenvalue weighted by Gasteiger charge is 2.29. The lowest BCUT2D eigenvalue weighted by Crippen LogP contribution is -2.53. The average molecular weight is 206 g/mol. The summed E-state index contributed by atoms with van der Waals surface area (Å²) in [5.74, 6) is -0.0630. The van der Waals surface area contributed by atoms with Gasteiger partial charge in [-0.25, -0.2) is 0 Å². The van der Waals surface area contributed by atoms with Crippen LogP contribution in [0.2, 0.25) is 0 Å². The summed E-state index contributed by atoms with van der Waals surface area (Å²) in [5, 5.41) is 9.09. The fraction of sp³-hybridized carbons (Fsp3) is 0.364. The van der Waals surface area contributed by atoms with Crippen molar-refractivity contribution in [1.29, 1.82) is 0 Å². The molecule has 1 fully saturated rings. The van der Waals surface area contributed by atoms with Crippen molar-refractivity contribution < 1.29 is 9.90 Å². The number of β-amino-alcohol motifs (C(OH)–C–C–N with tert-alkyl or cyclic N) is 1. The highest BCUT2D eigenvalue weighted by Crippen LogP contribution is 2.17. The Morgan fingerprint density at radius 3 is 2.73 bits per heavy atom. The van der Waals surface area contributed by atoms with Gasteiger partial charge in [-0.3, -0.25) is 4.79 Å². The van der Waals surface area contributed by atoms with E-state index in [1.807, 2.05) is 13.0 Å². The van der Waals surface area contributed by atoms with Crippen LogP contribution in [-0.4, -0.2) is 35.1 Å². The number of anilines is 1. The largest absolute Gasteiger partial charge is 0.398 e. The van der Waals surface area contributed by atoms with E-state index in [-0.39, 0.29) is 12.0 Å². The molecular weight excluding hydrogens is 192 g/mol. The number of likely N-dealkylation sites (tertiary alicyclic amines) is 1. The van der Waals surface area contributed by atoms with Crippen molar-refractivity contribution in [3.8, 4) is 0 Å². The first-order valence-corrected chi connectivity index (χ1v) is 4.91. The summed E-state index contributed by atoms with van der Waals surface area (Å²) in [6.07, 6.45) is -0.364. The second-order valence-corrected chi connectivity index (χ2v) is 3.94. The lowest BCUT2D eigenvalue weighted by molar-refractivity contribution is 0.00590. The van der Waals surface area contributed by atoms with Crippen LogP contribution in [0.4, 0.5) is 5.69 Å². The Kier molecular flexibility index (Phi) is 2.36. The molecule has 0 unspecified atom stereocenters. The van der Waals surface area contributed by atoms with Crippen LogP contribution in [0.15, 0.2) is 18.2 Å². The molecule has 2 rings (SSSR count). The number of carbonyl (C=O) groups is 1. The molecule has 3 N–H and O–H groups in total. The van der Waals surface area contributed by atoms with Gasteiger partial charge in [-0.15, -0.1) is 0 Å². The van der Waals surface area contributed by atoms with E-state index < -0.39 is 0 Å². The Balaban J connectivity index is 2.16. The summed E-state index contributed by atoms with van der Waals surface area (Å²) in [4.78, 5) is 13.4. The van der Waals surface area contributed by atoms with E-state index >= 15 is 0 Å². The van der Waals surface area contributed by atoms with E-state index in [1.165, 1.54) is 0 Å². The Bertz CT molecular complexity index is 398. The Morgan fingerprint density at radius 1 is 1.53 bits per heavy atom. The standard InChI is InChI=1S/C11H14N2O2/c1-7-2-3-8(4-10(7)12)11(15)13-5-9(14)6-13/h2-4,9,14H,5-6,12H2,1H3. The van der Waals surface area contributed by atoms with Gasteiger partial charge in [0.05, 0.1) is 6.10 Å². The van der Waals surface area contributed by atoms with Gasteiger partial charge < -0.3 is 15.7 Å². The molecule has 0 bridgehead atoms. The Morgan fingerprint density at radius 2 is 2.20 bits per heavy atom. The van der Waals surface area contributed by atoms with Crippen molar-refractivity contribution in [2.45, 2.75) is 13.0 Å². The molecule has 0 aliphatic carbocycles.